The topological polar surface area (TPSA) is 73.6 Å². The van der Waals surface area contributed by atoms with Gasteiger partial charge < -0.3 is 20.5 Å². The van der Waals surface area contributed by atoms with E-state index in [1.807, 2.05) is 6.92 Å². The lowest BCUT2D eigenvalue weighted by molar-refractivity contribution is 0.0507. The van der Waals surface area contributed by atoms with E-state index in [4.69, 9.17) is 15.2 Å². The summed E-state index contributed by atoms with van der Waals surface area (Å²) in [6, 6.07) is 3.84. The van der Waals surface area contributed by atoms with E-state index in [0.29, 0.717) is 17.9 Å². The van der Waals surface area contributed by atoms with Crippen molar-refractivity contribution in [1.29, 1.82) is 0 Å². The van der Waals surface area contributed by atoms with Crippen molar-refractivity contribution in [3.8, 4) is 5.75 Å². The summed E-state index contributed by atoms with van der Waals surface area (Å²) < 4.78 is 24.8. The third kappa shape index (κ3) is 7.17. The summed E-state index contributed by atoms with van der Waals surface area (Å²) in [5, 5.41) is 2.71. The van der Waals surface area contributed by atoms with Gasteiger partial charge in [-0.25, -0.2) is 9.18 Å². The number of amides is 1. The van der Waals surface area contributed by atoms with Gasteiger partial charge in [0.2, 0.25) is 0 Å². The molecule has 136 valence electrons. The SMILES string of the molecule is CC(CCCN)Oc1ccc(F)cc1[C@@H](C)NC(=O)OC(C)(C)C. The van der Waals surface area contributed by atoms with E-state index in [1.54, 1.807) is 33.8 Å². The molecule has 0 heterocycles. The molecule has 1 amide bonds. The van der Waals surface area contributed by atoms with Crippen LogP contribution >= 0.6 is 0 Å². The number of nitrogens with one attached hydrogen (secondary N) is 1. The van der Waals surface area contributed by atoms with Gasteiger partial charge in [-0.2, -0.15) is 0 Å². The summed E-state index contributed by atoms with van der Waals surface area (Å²) in [5.41, 5.74) is 5.48. The van der Waals surface area contributed by atoms with Gasteiger partial charge in [-0.05, 0) is 72.2 Å². The van der Waals surface area contributed by atoms with E-state index in [-0.39, 0.29) is 11.9 Å². The van der Waals surface area contributed by atoms with E-state index in [1.165, 1.54) is 12.1 Å². The van der Waals surface area contributed by atoms with E-state index >= 15 is 0 Å². The van der Waals surface area contributed by atoms with Crippen LogP contribution in [0.3, 0.4) is 0 Å². The molecule has 1 aromatic rings. The Hall–Kier alpha value is -1.82. The number of alkyl carbamates (subject to hydrolysis) is 1. The number of rotatable bonds is 7. The van der Waals surface area contributed by atoms with Gasteiger partial charge in [-0.15, -0.1) is 0 Å². The molecule has 0 aliphatic rings. The minimum atomic E-state index is -0.595. The first kappa shape index (κ1) is 20.2. The second-order valence-electron chi connectivity index (χ2n) is 6.91. The Balaban J connectivity index is 2.84. The van der Waals surface area contributed by atoms with Gasteiger partial charge in [0.05, 0.1) is 12.1 Å². The zero-order valence-corrected chi connectivity index (χ0v) is 15.2. The van der Waals surface area contributed by atoms with Crippen LogP contribution in [0.4, 0.5) is 9.18 Å². The van der Waals surface area contributed by atoms with E-state index in [0.717, 1.165) is 12.8 Å². The monoisotopic (exact) mass is 340 g/mol. The van der Waals surface area contributed by atoms with Crippen molar-refractivity contribution in [2.45, 2.75) is 65.2 Å². The highest BCUT2D eigenvalue weighted by atomic mass is 19.1. The minimum Gasteiger partial charge on any atom is -0.490 e. The van der Waals surface area contributed by atoms with Gasteiger partial charge in [-0.3, -0.25) is 0 Å². The lowest BCUT2D eigenvalue weighted by Gasteiger charge is -2.24. The Morgan fingerprint density at radius 1 is 1.33 bits per heavy atom. The fraction of sp³-hybridized carbons (Fsp3) is 0.611. The predicted molar refractivity (Wildman–Crippen MR) is 92.6 cm³/mol. The zero-order valence-electron chi connectivity index (χ0n) is 15.2. The van der Waals surface area contributed by atoms with Crippen molar-refractivity contribution in [3.63, 3.8) is 0 Å². The maximum absolute atomic E-state index is 13.6. The summed E-state index contributed by atoms with van der Waals surface area (Å²) in [7, 11) is 0. The van der Waals surface area contributed by atoms with E-state index in [2.05, 4.69) is 5.32 Å². The first-order valence-corrected chi connectivity index (χ1v) is 8.28. The Morgan fingerprint density at radius 2 is 2.00 bits per heavy atom. The van der Waals surface area contributed by atoms with Crippen molar-refractivity contribution in [3.05, 3.63) is 29.6 Å². The van der Waals surface area contributed by atoms with Crippen LogP contribution in [0.5, 0.6) is 5.75 Å². The van der Waals surface area contributed by atoms with Crippen LogP contribution < -0.4 is 15.8 Å². The molecule has 0 saturated heterocycles. The number of nitrogens with two attached hydrogens (primary N) is 1. The molecular formula is C18H29FN2O3. The summed E-state index contributed by atoms with van der Waals surface area (Å²) in [4.78, 5) is 11.9. The third-order valence-electron chi connectivity index (χ3n) is 3.31. The van der Waals surface area contributed by atoms with E-state index in [9.17, 15) is 9.18 Å². The number of carbonyl (C=O) groups excluding carboxylic acids is 1. The summed E-state index contributed by atoms with van der Waals surface area (Å²) >= 11 is 0. The van der Waals surface area contributed by atoms with E-state index < -0.39 is 17.7 Å². The Labute approximate surface area is 143 Å². The number of carbonyl (C=O) groups is 1. The third-order valence-corrected chi connectivity index (χ3v) is 3.31. The number of ether oxygens (including phenoxy) is 2. The maximum Gasteiger partial charge on any atom is 0.408 e. The molecule has 0 aromatic heterocycles. The molecule has 0 spiro atoms. The Morgan fingerprint density at radius 3 is 2.58 bits per heavy atom. The fourth-order valence-corrected chi connectivity index (χ4v) is 2.21. The highest BCUT2D eigenvalue weighted by Crippen LogP contribution is 2.28. The highest BCUT2D eigenvalue weighted by molar-refractivity contribution is 5.68. The molecule has 24 heavy (non-hydrogen) atoms. The molecule has 1 aromatic carbocycles. The lowest BCUT2D eigenvalue weighted by Crippen LogP contribution is -2.34. The molecule has 2 atom stereocenters. The first-order valence-electron chi connectivity index (χ1n) is 8.28. The molecule has 1 unspecified atom stereocenters. The fourth-order valence-electron chi connectivity index (χ4n) is 2.21. The number of benzene rings is 1. The van der Waals surface area contributed by atoms with Crippen LogP contribution in [0.1, 0.15) is 59.1 Å². The second-order valence-corrected chi connectivity index (χ2v) is 6.91. The largest absolute Gasteiger partial charge is 0.490 e. The normalized spacial score (nSPS) is 14.0. The maximum atomic E-state index is 13.6. The van der Waals surface area contributed by atoms with Gasteiger partial charge in [0.1, 0.15) is 17.2 Å². The van der Waals surface area contributed by atoms with Crippen molar-refractivity contribution in [2.75, 3.05) is 6.54 Å². The van der Waals surface area contributed by atoms with Crippen molar-refractivity contribution < 1.29 is 18.7 Å². The Kier molecular flexibility index (Phi) is 7.48. The van der Waals surface area contributed by atoms with Crippen LogP contribution in [0.2, 0.25) is 0 Å². The van der Waals surface area contributed by atoms with Gasteiger partial charge in [0, 0.05) is 5.56 Å². The number of halogens is 1. The standard InChI is InChI=1S/C18H29FN2O3/c1-12(7-6-10-20)23-16-9-8-14(19)11-15(16)13(2)21-17(22)24-18(3,4)5/h8-9,11-13H,6-7,10,20H2,1-5H3,(H,21,22)/t12?,13-/m1/s1. The quantitative estimate of drug-likeness (QED) is 0.789. The van der Waals surface area contributed by atoms with Gasteiger partial charge in [0.15, 0.2) is 0 Å². The van der Waals surface area contributed by atoms with Gasteiger partial charge in [0.25, 0.3) is 0 Å². The van der Waals surface area contributed by atoms with Gasteiger partial charge >= 0.3 is 6.09 Å². The molecule has 5 nitrogen and oxygen atoms in total. The molecule has 0 saturated carbocycles. The average Bonchev–Trinajstić information content (AvgIpc) is 2.44. The van der Waals surface area contributed by atoms with Crippen LogP contribution in [0, 0.1) is 5.82 Å². The molecule has 3 N–H and O–H groups in total. The minimum absolute atomic E-state index is 0.0495. The predicted octanol–water partition coefficient (Wildman–Crippen LogP) is 3.92. The van der Waals surface area contributed by atoms with Crippen molar-refractivity contribution in [1.82, 2.24) is 5.32 Å². The molecule has 0 bridgehead atoms. The lowest BCUT2D eigenvalue weighted by atomic mass is 10.1. The summed E-state index contributed by atoms with van der Waals surface area (Å²) in [5.74, 6) is 0.161. The Bertz CT molecular complexity index is 544. The van der Waals surface area contributed by atoms with Crippen molar-refractivity contribution in [2.24, 2.45) is 5.73 Å². The summed E-state index contributed by atoms with van der Waals surface area (Å²) in [6.07, 6.45) is 1.05. The smallest absolute Gasteiger partial charge is 0.408 e. The zero-order chi connectivity index (χ0) is 18.3. The van der Waals surface area contributed by atoms with Gasteiger partial charge in [-0.1, -0.05) is 0 Å². The van der Waals surface area contributed by atoms with Crippen LogP contribution in [-0.4, -0.2) is 24.3 Å². The van der Waals surface area contributed by atoms with Crippen LogP contribution in [0.15, 0.2) is 18.2 Å². The molecule has 6 heteroatoms. The van der Waals surface area contributed by atoms with Crippen molar-refractivity contribution >= 4 is 6.09 Å². The molecule has 1 rings (SSSR count). The molecule has 0 fully saturated rings. The number of hydrogen-bond acceptors (Lipinski definition) is 4. The molecular weight excluding hydrogens is 311 g/mol. The molecule has 0 aliphatic carbocycles. The highest BCUT2D eigenvalue weighted by Gasteiger charge is 2.21. The summed E-state index contributed by atoms with van der Waals surface area (Å²) in [6.45, 7) is 9.65. The number of hydrogen-bond donors (Lipinski definition) is 2. The first-order chi connectivity index (χ1) is 11.1. The van der Waals surface area contributed by atoms with Crippen LogP contribution in [0.25, 0.3) is 0 Å². The average molecular weight is 340 g/mol. The van der Waals surface area contributed by atoms with Crippen LogP contribution in [-0.2, 0) is 4.74 Å². The second kappa shape index (κ2) is 8.87. The molecule has 0 radical (unpaired) electrons. The molecule has 0 aliphatic heterocycles.